The normalized spacial score (nSPS) is 15.4. The fourth-order valence-corrected chi connectivity index (χ4v) is 1.84. The minimum atomic E-state index is 0.134. The average Bonchev–Trinajstić information content (AvgIpc) is 2.82. The summed E-state index contributed by atoms with van der Waals surface area (Å²) in [7, 11) is 1.62. The Bertz CT molecular complexity index is 339. The summed E-state index contributed by atoms with van der Waals surface area (Å²) in [5, 5.41) is 0. The molecule has 15 heavy (non-hydrogen) atoms. The first kappa shape index (κ1) is 10.0. The smallest absolute Gasteiger partial charge is 0.253 e. The maximum atomic E-state index is 11.9. The predicted octanol–water partition coefficient (Wildman–Crippen LogP) is 1.93. The predicted molar refractivity (Wildman–Crippen MR) is 58.1 cm³/mol. The standard InChI is InChI=1S/C12H15NO2/c1-15-11-6-4-10(5-7-11)12(14)13-8-2-3-9-13/h4-7H,2-3,8-9H2,1H3/i12-1. The zero-order valence-electron chi connectivity index (χ0n) is 8.90. The zero-order valence-corrected chi connectivity index (χ0v) is 8.90. The first-order chi connectivity index (χ1) is 7.31. The molecule has 0 bridgehead atoms. The van der Waals surface area contributed by atoms with Gasteiger partial charge in [-0.2, -0.15) is 0 Å². The topological polar surface area (TPSA) is 29.5 Å². The second-order valence-corrected chi connectivity index (χ2v) is 3.73. The average molecular weight is 204 g/mol. The second-order valence-electron chi connectivity index (χ2n) is 3.73. The first-order valence-electron chi connectivity index (χ1n) is 5.24. The summed E-state index contributed by atoms with van der Waals surface area (Å²) in [6.45, 7) is 1.79. The van der Waals surface area contributed by atoms with E-state index in [0.717, 1.165) is 37.2 Å². The van der Waals surface area contributed by atoms with E-state index < -0.39 is 0 Å². The highest BCUT2D eigenvalue weighted by Gasteiger charge is 2.18. The molecule has 0 spiro atoms. The fourth-order valence-electron chi connectivity index (χ4n) is 1.84. The number of hydrogen-bond donors (Lipinski definition) is 0. The summed E-state index contributed by atoms with van der Waals surface area (Å²) in [6.07, 6.45) is 2.25. The number of ether oxygens (including phenoxy) is 1. The van der Waals surface area contributed by atoms with E-state index in [1.165, 1.54) is 0 Å². The van der Waals surface area contributed by atoms with Crippen LogP contribution in [0.5, 0.6) is 5.75 Å². The van der Waals surface area contributed by atoms with Gasteiger partial charge in [0.05, 0.1) is 7.11 Å². The van der Waals surface area contributed by atoms with Gasteiger partial charge in [0.1, 0.15) is 5.75 Å². The molecule has 0 atom stereocenters. The van der Waals surface area contributed by atoms with Gasteiger partial charge in [0.25, 0.3) is 5.91 Å². The van der Waals surface area contributed by atoms with Gasteiger partial charge in [0, 0.05) is 18.7 Å². The van der Waals surface area contributed by atoms with Gasteiger partial charge in [-0.05, 0) is 37.1 Å². The highest BCUT2D eigenvalue weighted by Crippen LogP contribution is 2.16. The second kappa shape index (κ2) is 4.34. The first-order valence-corrected chi connectivity index (χ1v) is 5.24. The lowest BCUT2D eigenvalue weighted by atomic mass is 9.87. The maximum Gasteiger partial charge on any atom is 0.253 e. The third-order valence-electron chi connectivity index (χ3n) is 2.73. The number of benzene rings is 1. The van der Waals surface area contributed by atoms with Crippen LogP contribution in [0.25, 0.3) is 0 Å². The van der Waals surface area contributed by atoms with E-state index in [0.29, 0.717) is 0 Å². The van der Waals surface area contributed by atoms with Crippen molar-refractivity contribution in [2.75, 3.05) is 20.2 Å². The number of hydrogen-bond acceptors (Lipinski definition) is 2. The molecule has 1 aliphatic heterocycles. The Morgan fingerprint density at radius 1 is 1.20 bits per heavy atom. The minimum Gasteiger partial charge on any atom is -0.497 e. The molecule has 1 aromatic rings. The Hall–Kier alpha value is -1.51. The molecule has 1 aromatic carbocycles. The Morgan fingerprint density at radius 2 is 1.80 bits per heavy atom. The lowest BCUT2D eigenvalue weighted by molar-refractivity contribution is 0.0793. The molecular formula is C12H15NO2. The van der Waals surface area contributed by atoms with E-state index >= 15 is 0 Å². The van der Waals surface area contributed by atoms with Crippen LogP contribution < -0.4 is 4.74 Å². The minimum absolute atomic E-state index is 0.134. The van der Waals surface area contributed by atoms with Crippen LogP contribution in [0.1, 0.15) is 23.2 Å². The van der Waals surface area contributed by atoms with Crippen LogP contribution in [0, 0.1) is 0 Å². The molecule has 0 aliphatic carbocycles. The summed E-state index contributed by atoms with van der Waals surface area (Å²) in [5.41, 5.74) is 0.748. The van der Waals surface area contributed by atoms with E-state index in [-0.39, 0.29) is 5.91 Å². The summed E-state index contributed by atoms with van der Waals surface area (Å²) < 4.78 is 5.05. The summed E-state index contributed by atoms with van der Waals surface area (Å²) in [6, 6.07) is 7.28. The van der Waals surface area contributed by atoms with Crippen LogP contribution in [0.2, 0.25) is 0 Å². The van der Waals surface area contributed by atoms with Gasteiger partial charge in [-0.15, -0.1) is 0 Å². The molecule has 2 rings (SSSR count). The van der Waals surface area contributed by atoms with E-state index in [9.17, 15) is 4.79 Å². The maximum absolute atomic E-state index is 11.9. The highest BCUT2D eigenvalue weighted by molar-refractivity contribution is 5.94. The monoisotopic (exact) mass is 204 g/mol. The van der Waals surface area contributed by atoms with Crippen molar-refractivity contribution in [2.45, 2.75) is 12.8 Å². The molecule has 0 saturated carbocycles. The van der Waals surface area contributed by atoms with Crippen molar-refractivity contribution in [2.24, 2.45) is 0 Å². The Labute approximate surface area is 89.7 Å². The van der Waals surface area contributed by atoms with Crippen molar-refractivity contribution in [3.8, 4) is 5.75 Å². The number of nitrogens with zero attached hydrogens (tertiary/aromatic N) is 1. The Balaban J connectivity index is 2.11. The number of carbonyl (C=O) groups excluding carboxylic acids is 1. The summed E-state index contributed by atoms with van der Waals surface area (Å²) in [5.74, 6) is 0.920. The Kier molecular flexibility index (Phi) is 2.90. The molecule has 1 aliphatic rings. The van der Waals surface area contributed by atoms with E-state index in [2.05, 4.69) is 0 Å². The molecule has 0 N–H and O–H groups in total. The molecule has 80 valence electrons. The molecule has 1 amide bonds. The number of amides is 1. The van der Waals surface area contributed by atoms with Crippen LogP contribution in [0.4, 0.5) is 0 Å². The molecule has 3 nitrogen and oxygen atoms in total. The van der Waals surface area contributed by atoms with Gasteiger partial charge in [-0.1, -0.05) is 0 Å². The van der Waals surface area contributed by atoms with Crippen molar-refractivity contribution >= 4 is 5.91 Å². The molecule has 0 unspecified atom stereocenters. The van der Waals surface area contributed by atoms with Crippen LogP contribution in [0.3, 0.4) is 0 Å². The van der Waals surface area contributed by atoms with Gasteiger partial charge >= 0.3 is 0 Å². The quantitative estimate of drug-likeness (QED) is 0.736. The van der Waals surface area contributed by atoms with Crippen molar-refractivity contribution < 1.29 is 9.53 Å². The number of likely N-dealkylation sites (tertiary alicyclic amines) is 1. The van der Waals surface area contributed by atoms with E-state index in [1.807, 2.05) is 29.2 Å². The van der Waals surface area contributed by atoms with Gasteiger partial charge in [-0.3, -0.25) is 4.79 Å². The van der Waals surface area contributed by atoms with Crippen molar-refractivity contribution in [1.82, 2.24) is 4.90 Å². The van der Waals surface area contributed by atoms with Gasteiger partial charge < -0.3 is 9.64 Å². The molecule has 1 fully saturated rings. The molecule has 0 radical (unpaired) electrons. The van der Waals surface area contributed by atoms with Crippen LogP contribution in [0.15, 0.2) is 24.3 Å². The van der Waals surface area contributed by atoms with Crippen LogP contribution in [-0.2, 0) is 0 Å². The lowest BCUT2D eigenvalue weighted by Crippen LogP contribution is -2.27. The molecule has 0 aromatic heterocycles. The molecule has 1 heterocycles. The van der Waals surface area contributed by atoms with Gasteiger partial charge in [-0.25, -0.2) is 0 Å². The lowest BCUT2D eigenvalue weighted by Gasteiger charge is -2.15. The van der Waals surface area contributed by atoms with Gasteiger partial charge in [0.2, 0.25) is 0 Å². The van der Waals surface area contributed by atoms with Crippen molar-refractivity contribution in [3.05, 3.63) is 29.8 Å². The van der Waals surface area contributed by atoms with Crippen molar-refractivity contribution in [1.29, 1.82) is 0 Å². The zero-order chi connectivity index (χ0) is 10.7. The molecule has 1 saturated heterocycles. The van der Waals surface area contributed by atoms with E-state index in [4.69, 9.17) is 4.74 Å². The SMILES string of the molecule is COc1ccc([11C](=O)N2CCCC2)cc1. The highest BCUT2D eigenvalue weighted by atomic mass is 16.5. The van der Waals surface area contributed by atoms with Crippen LogP contribution >= 0.6 is 0 Å². The fraction of sp³-hybridized carbons (Fsp3) is 0.417. The summed E-state index contributed by atoms with van der Waals surface area (Å²) >= 11 is 0. The Morgan fingerprint density at radius 3 is 2.33 bits per heavy atom. The van der Waals surface area contributed by atoms with Gasteiger partial charge in [0.15, 0.2) is 0 Å². The third-order valence-corrected chi connectivity index (χ3v) is 2.73. The summed E-state index contributed by atoms with van der Waals surface area (Å²) in [4.78, 5) is 13.8. The molecule has 3 heteroatoms. The number of methoxy groups -OCH3 is 1. The largest absolute Gasteiger partial charge is 0.497 e. The van der Waals surface area contributed by atoms with E-state index in [1.54, 1.807) is 7.11 Å². The third kappa shape index (κ3) is 2.12. The number of carbonyl (C=O) groups is 1. The van der Waals surface area contributed by atoms with Crippen LogP contribution in [-0.4, -0.2) is 31.0 Å². The van der Waals surface area contributed by atoms with Crippen molar-refractivity contribution in [3.63, 3.8) is 0 Å². The molecular weight excluding hydrogens is 189 g/mol. The number of rotatable bonds is 2.